The first-order valence-corrected chi connectivity index (χ1v) is 9.16. The molecule has 2 aliphatic rings. The molecule has 1 saturated heterocycles. The summed E-state index contributed by atoms with van der Waals surface area (Å²) in [5.41, 5.74) is 0.474. The number of amides is 1. The second kappa shape index (κ2) is 6.47. The second-order valence-corrected chi connectivity index (χ2v) is 7.64. The Labute approximate surface area is 159 Å². The molecule has 0 saturated carbocycles. The molecule has 1 amide bonds. The summed E-state index contributed by atoms with van der Waals surface area (Å²) in [4.78, 5) is 29.8. The Hall–Kier alpha value is -2.63. The number of alkyl halides is 4. The summed E-state index contributed by atoms with van der Waals surface area (Å²) in [7, 11) is 1.53. The number of fused-ring (bicyclic) bond motifs is 1. The van der Waals surface area contributed by atoms with Gasteiger partial charge in [0, 0.05) is 19.8 Å². The third kappa shape index (κ3) is 3.11. The Kier molecular flexibility index (Phi) is 4.32. The molecule has 0 radical (unpaired) electrons. The summed E-state index contributed by atoms with van der Waals surface area (Å²) in [6, 6.07) is 0. The first kappa shape index (κ1) is 18.7. The fourth-order valence-corrected chi connectivity index (χ4v) is 3.96. The van der Waals surface area contributed by atoms with Crippen molar-refractivity contribution >= 4 is 34.7 Å². The zero-order chi connectivity index (χ0) is 20.2. The normalized spacial score (nSPS) is 17.0. The van der Waals surface area contributed by atoms with E-state index in [1.807, 2.05) is 0 Å². The minimum atomic E-state index is -4.52. The number of anilines is 1. The number of halogens is 4. The van der Waals surface area contributed by atoms with Crippen LogP contribution < -0.4 is 11.0 Å². The lowest BCUT2D eigenvalue weighted by atomic mass is 10.1. The van der Waals surface area contributed by atoms with Crippen molar-refractivity contribution in [2.24, 2.45) is 7.05 Å². The summed E-state index contributed by atoms with van der Waals surface area (Å²) in [5.74, 6) is 0.0798. The smallest absolute Gasteiger partial charge is 0.365 e. The molecule has 2 aromatic heterocycles. The second-order valence-electron chi connectivity index (χ2n) is 6.61. The van der Waals surface area contributed by atoms with Crippen LogP contribution in [0.4, 0.5) is 23.4 Å². The quantitative estimate of drug-likeness (QED) is 0.774. The van der Waals surface area contributed by atoms with Gasteiger partial charge in [0.05, 0.1) is 23.7 Å². The summed E-state index contributed by atoms with van der Waals surface area (Å²) in [6.45, 7) is -0.0455. The van der Waals surface area contributed by atoms with E-state index in [-0.39, 0.29) is 32.1 Å². The molecule has 1 fully saturated rings. The van der Waals surface area contributed by atoms with Crippen LogP contribution >= 0.6 is 11.3 Å². The number of carbonyl (C=O) groups is 1. The molecule has 4 rings (SSSR count). The molecule has 7 nitrogen and oxygen atoms in total. The number of thiazole rings is 1. The molecule has 0 spiro atoms. The zero-order valence-electron chi connectivity index (χ0n) is 14.6. The van der Waals surface area contributed by atoms with Gasteiger partial charge in [-0.25, -0.2) is 14.2 Å². The molecule has 150 valence electrons. The largest absolute Gasteiger partial charge is 0.443 e. The molecular formula is C16H15F4N5O2S. The van der Waals surface area contributed by atoms with Gasteiger partial charge in [0.25, 0.3) is 0 Å². The van der Waals surface area contributed by atoms with Crippen molar-refractivity contribution < 1.29 is 22.4 Å². The maximum atomic E-state index is 13.0. The van der Waals surface area contributed by atoms with E-state index in [9.17, 15) is 27.2 Å². The lowest BCUT2D eigenvalue weighted by molar-refractivity contribution is -0.139. The van der Waals surface area contributed by atoms with Crippen LogP contribution in [0.5, 0.6) is 0 Å². The Morgan fingerprint density at radius 2 is 2.11 bits per heavy atom. The van der Waals surface area contributed by atoms with Crippen molar-refractivity contribution in [2.45, 2.75) is 18.9 Å². The van der Waals surface area contributed by atoms with E-state index in [4.69, 9.17) is 0 Å². The molecule has 0 aliphatic carbocycles. The van der Waals surface area contributed by atoms with Crippen LogP contribution in [0.1, 0.15) is 15.6 Å². The van der Waals surface area contributed by atoms with E-state index in [2.05, 4.69) is 10.3 Å². The Bertz CT molecular complexity index is 1030. The third-order valence-corrected chi connectivity index (χ3v) is 5.81. The SMILES string of the molecule is Cn1c2c(n(CC(=O)N3CC(F)C3)c1=O)C=C(c1cnc(C(F)(F)F)s1)CN2. The van der Waals surface area contributed by atoms with Crippen LogP contribution in [-0.4, -0.2) is 50.7 Å². The van der Waals surface area contributed by atoms with Gasteiger partial charge in [0.1, 0.15) is 18.5 Å². The van der Waals surface area contributed by atoms with Gasteiger partial charge in [-0.15, -0.1) is 11.3 Å². The summed E-state index contributed by atoms with van der Waals surface area (Å²) < 4.78 is 54.0. The summed E-state index contributed by atoms with van der Waals surface area (Å²) in [6.07, 6.45) is -2.84. The highest BCUT2D eigenvalue weighted by Gasteiger charge is 2.35. The van der Waals surface area contributed by atoms with Gasteiger partial charge in [-0.1, -0.05) is 0 Å². The number of hydrogen-bond acceptors (Lipinski definition) is 5. The number of likely N-dealkylation sites (tertiary alicyclic amines) is 1. The maximum absolute atomic E-state index is 13.0. The van der Waals surface area contributed by atoms with Crippen molar-refractivity contribution in [3.8, 4) is 0 Å². The molecule has 0 aromatic carbocycles. The van der Waals surface area contributed by atoms with Gasteiger partial charge in [0.2, 0.25) is 5.91 Å². The van der Waals surface area contributed by atoms with E-state index >= 15 is 0 Å². The number of imidazole rings is 1. The van der Waals surface area contributed by atoms with E-state index in [1.54, 1.807) is 6.08 Å². The number of hydrogen-bond donors (Lipinski definition) is 1. The Morgan fingerprint density at radius 3 is 2.71 bits per heavy atom. The average molecular weight is 417 g/mol. The van der Waals surface area contributed by atoms with Gasteiger partial charge in [0.15, 0.2) is 5.01 Å². The van der Waals surface area contributed by atoms with Gasteiger partial charge < -0.3 is 10.2 Å². The monoisotopic (exact) mass is 417 g/mol. The van der Waals surface area contributed by atoms with Crippen molar-refractivity contribution in [1.82, 2.24) is 19.0 Å². The fourth-order valence-electron chi connectivity index (χ4n) is 3.16. The van der Waals surface area contributed by atoms with E-state index in [1.165, 1.54) is 21.1 Å². The first-order chi connectivity index (χ1) is 13.1. The van der Waals surface area contributed by atoms with Crippen LogP contribution in [0.2, 0.25) is 0 Å². The van der Waals surface area contributed by atoms with Crippen molar-refractivity contribution in [3.63, 3.8) is 0 Å². The Balaban J connectivity index is 1.67. The van der Waals surface area contributed by atoms with E-state index < -0.39 is 23.0 Å². The summed E-state index contributed by atoms with van der Waals surface area (Å²) >= 11 is 0.514. The number of aromatic nitrogens is 3. The molecule has 0 atom stereocenters. The number of carbonyl (C=O) groups excluding carboxylic acids is 1. The van der Waals surface area contributed by atoms with Crippen molar-refractivity contribution in [2.75, 3.05) is 25.0 Å². The van der Waals surface area contributed by atoms with Gasteiger partial charge >= 0.3 is 11.9 Å². The van der Waals surface area contributed by atoms with Gasteiger partial charge in [-0.3, -0.25) is 13.9 Å². The van der Waals surface area contributed by atoms with Crippen LogP contribution in [-0.2, 0) is 24.6 Å². The van der Waals surface area contributed by atoms with Crippen molar-refractivity contribution in [1.29, 1.82) is 0 Å². The molecule has 1 N–H and O–H groups in total. The number of nitrogens with one attached hydrogen (secondary N) is 1. The highest BCUT2D eigenvalue weighted by Crippen LogP contribution is 2.36. The molecule has 12 heteroatoms. The van der Waals surface area contributed by atoms with Crippen LogP contribution in [0.3, 0.4) is 0 Å². The van der Waals surface area contributed by atoms with Crippen LogP contribution in [0, 0.1) is 0 Å². The van der Waals surface area contributed by atoms with E-state index in [0.29, 0.717) is 33.3 Å². The minimum Gasteiger partial charge on any atom is -0.365 e. The highest BCUT2D eigenvalue weighted by atomic mass is 32.1. The zero-order valence-corrected chi connectivity index (χ0v) is 15.4. The summed E-state index contributed by atoms with van der Waals surface area (Å²) in [5, 5.41) is 2.06. The molecule has 0 bridgehead atoms. The lowest BCUT2D eigenvalue weighted by Gasteiger charge is -2.34. The highest BCUT2D eigenvalue weighted by molar-refractivity contribution is 7.12. The molecular weight excluding hydrogens is 402 g/mol. The number of rotatable bonds is 3. The predicted molar refractivity (Wildman–Crippen MR) is 94.6 cm³/mol. The topological polar surface area (TPSA) is 72.2 Å². The molecule has 2 aliphatic heterocycles. The Morgan fingerprint density at radius 1 is 1.39 bits per heavy atom. The van der Waals surface area contributed by atoms with Gasteiger partial charge in [-0.2, -0.15) is 13.2 Å². The third-order valence-electron chi connectivity index (χ3n) is 4.69. The minimum absolute atomic E-state index is 0.00301. The average Bonchev–Trinajstić information content (AvgIpc) is 3.19. The first-order valence-electron chi connectivity index (χ1n) is 8.34. The molecule has 28 heavy (non-hydrogen) atoms. The fraction of sp³-hybridized carbons (Fsp3) is 0.438. The predicted octanol–water partition coefficient (Wildman–Crippen LogP) is 1.81. The molecule has 2 aromatic rings. The number of nitrogens with zero attached hydrogens (tertiary/aromatic N) is 4. The molecule has 4 heterocycles. The lowest BCUT2D eigenvalue weighted by Crippen LogP contribution is -2.53. The maximum Gasteiger partial charge on any atom is 0.443 e. The van der Waals surface area contributed by atoms with Gasteiger partial charge in [-0.05, 0) is 11.6 Å². The van der Waals surface area contributed by atoms with E-state index in [0.717, 1.165) is 6.20 Å². The van der Waals surface area contributed by atoms with Crippen LogP contribution in [0.25, 0.3) is 11.6 Å². The standard InChI is InChI=1S/C16H15F4N5O2S/c1-23-13-10(25(15(23)27)7-12(26)24-5-9(17)6-24)2-8(3-21-13)11-4-22-14(28-11)16(18,19)20/h2,4,9,21H,3,5-7H2,1H3. The van der Waals surface area contributed by atoms with Crippen LogP contribution in [0.15, 0.2) is 11.0 Å². The molecule has 0 unspecified atom stereocenters. The van der Waals surface area contributed by atoms with Crippen molar-refractivity contribution in [3.05, 3.63) is 32.3 Å².